The van der Waals surface area contributed by atoms with Gasteiger partial charge in [-0.3, -0.25) is 9.00 Å². The van der Waals surface area contributed by atoms with Crippen LogP contribution in [0.2, 0.25) is 0 Å². The largest absolute Gasteiger partial charge is 0.504 e. The highest BCUT2D eigenvalue weighted by molar-refractivity contribution is 7.85. The van der Waals surface area contributed by atoms with Crippen LogP contribution in [0, 0.1) is 0 Å². The molecular formula is C20H22O6S. The Hall–Kier alpha value is -2.54. The highest BCUT2D eigenvalue weighted by Crippen LogP contribution is 2.36. The number of phenolic OH excluding ortho intramolecular Hbond substituents is 1. The predicted molar refractivity (Wildman–Crippen MR) is 101 cm³/mol. The number of methoxy groups -OCH3 is 1. The summed E-state index contributed by atoms with van der Waals surface area (Å²) in [4.78, 5) is 13.4. The number of rotatable bonds is 8. The van der Waals surface area contributed by atoms with Crippen molar-refractivity contribution in [3.63, 3.8) is 0 Å². The summed E-state index contributed by atoms with van der Waals surface area (Å²) in [6.07, 6.45) is 1.51. The molecule has 1 heterocycles. The third-order valence-corrected chi connectivity index (χ3v) is 5.40. The van der Waals surface area contributed by atoms with E-state index < -0.39 is 10.8 Å². The van der Waals surface area contributed by atoms with E-state index in [9.17, 15) is 14.1 Å². The summed E-state index contributed by atoms with van der Waals surface area (Å²) in [5.74, 6) is 1.36. The molecule has 1 aliphatic rings. The highest BCUT2D eigenvalue weighted by Gasteiger charge is 2.25. The second-order valence-electron chi connectivity index (χ2n) is 6.18. The lowest BCUT2D eigenvalue weighted by Gasteiger charge is -2.12. The van der Waals surface area contributed by atoms with Gasteiger partial charge in [-0.2, -0.15) is 0 Å². The Morgan fingerprint density at radius 3 is 2.78 bits per heavy atom. The van der Waals surface area contributed by atoms with Gasteiger partial charge in [-0.1, -0.05) is 13.0 Å². The molecule has 0 amide bonds. The van der Waals surface area contributed by atoms with Crippen molar-refractivity contribution >= 4 is 16.6 Å². The van der Waals surface area contributed by atoms with E-state index in [0.717, 1.165) is 12.0 Å². The first-order valence-corrected chi connectivity index (χ1v) is 10.1. The molecule has 0 aliphatic carbocycles. The summed E-state index contributed by atoms with van der Waals surface area (Å²) in [5.41, 5.74) is 1.26. The molecular weight excluding hydrogens is 368 g/mol. The predicted octanol–water partition coefficient (Wildman–Crippen LogP) is 3.46. The summed E-state index contributed by atoms with van der Waals surface area (Å²) in [6, 6.07) is 8.36. The first kappa shape index (κ1) is 19.2. The number of benzene rings is 2. The molecule has 1 aliphatic heterocycles. The third kappa shape index (κ3) is 4.24. The van der Waals surface area contributed by atoms with Crippen LogP contribution in [-0.4, -0.2) is 34.8 Å². The van der Waals surface area contributed by atoms with Crippen molar-refractivity contribution in [2.24, 2.45) is 0 Å². The highest BCUT2D eigenvalue weighted by atomic mass is 32.2. The number of aryl methyl sites for hydroxylation is 1. The maximum absolute atomic E-state index is 12.8. The molecule has 1 N–H and O–H groups in total. The number of phenols is 1. The summed E-state index contributed by atoms with van der Waals surface area (Å²) in [5, 5.41) is 9.87. The van der Waals surface area contributed by atoms with E-state index in [1.54, 1.807) is 24.3 Å². The lowest BCUT2D eigenvalue weighted by atomic mass is 10.0. The van der Waals surface area contributed by atoms with Gasteiger partial charge in [-0.25, -0.2) is 0 Å². The summed E-state index contributed by atoms with van der Waals surface area (Å²) in [6.45, 7) is 2.45. The molecule has 3 rings (SSSR count). The van der Waals surface area contributed by atoms with E-state index >= 15 is 0 Å². The lowest BCUT2D eigenvalue weighted by Crippen LogP contribution is -2.07. The van der Waals surface area contributed by atoms with Gasteiger partial charge >= 0.3 is 0 Å². The fourth-order valence-electron chi connectivity index (χ4n) is 2.85. The number of Topliss-reactive ketones (excluding diaryl/α,β-unsaturated/α-hetero) is 1. The van der Waals surface area contributed by atoms with Gasteiger partial charge in [-0.05, 0) is 36.6 Å². The van der Waals surface area contributed by atoms with Gasteiger partial charge < -0.3 is 19.3 Å². The molecule has 1 unspecified atom stereocenters. The SMILES string of the molecule is CCCOc1cc2c(cc1C(=O)CCc1ccc(OC)c(O)c1)OCS2=O. The number of ether oxygens (including phenoxy) is 3. The minimum atomic E-state index is -1.23. The first-order chi connectivity index (χ1) is 13.0. The van der Waals surface area contributed by atoms with E-state index in [2.05, 4.69) is 0 Å². The van der Waals surface area contributed by atoms with Gasteiger partial charge in [0.1, 0.15) is 11.5 Å². The van der Waals surface area contributed by atoms with Crippen molar-refractivity contribution in [1.82, 2.24) is 0 Å². The Labute approximate surface area is 160 Å². The molecule has 0 radical (unpaired) electrons. The molecule has 1 atom stereocenters. The minimum absolute atomic E-state index is 0.0443. The lowest BCUT2D eigenvalue weighted by molar-refractivity contribution is 0.0978. The minimum Gasteiger partial charge on any atom is -0.504 e. The van der Waals surface area contributed by atoms with Crippen LogP contribution in [-0.2, 0) is 17.2 Å². The van der Waals surface area contributed by atoms with Crippen LogP contribution in [0.5, 0.6) is 23.0 Å². The van der Waals surface area contributed by atoms with Crippen molar-refractivity contribution in [2.75, 3.05) is 19.7 Å². The number of carbonyl (C=O) groups is 1. The Kier molecular flexibility index (Phi) is 6.01. The second-order valence-corrected chi connectivity index (χ2v) is 7.55. The molecule has 0 bridgehead atoms. The monoisotopic (exact) mass is 390 g/mol. The Morgan fingerprint density at radius 1 is 1.26 bits per heavy atom. The number of ketones is 1. The molecule has 2 aromatic carbocycles. The molecule has 2 aromatic rings. The summed E-state index contributed by atoms with van der Waals surface area (Å²) < 4.78 is 28.1. The molecule has 0 fully saturated rings. The van der Waals surface area contributed by atoms with E-state index in [1.165, 1.54) is 7.11 Å². The van der Waals surface area contributed by atoms with Gasteiger partial charge in [0.25, 0.3) is 0 Å². The van der Waals surface area contributed by atoms with Crippen molar-refractivity contribution in [1.29, 1.82) is 0 Å². The molecule has 144 valence electrons. The summed E-state index contributed by atoms with van der Waals surface area (Å²) in [7, 11) is 0.258. The molecule has 0 spiro atoms. The van der Waals surface area contributed by atoms with Crippen molar-refractivity contribution < 1.29 is 28.3 Å². The zero-order valence-corrected chi connectivity index (χ0v) is 16.1. The molecule has 27 heavy (non-hydrogen) atoms. The molecule has 7 heteroatoms. The van der Waals surface area contributed by atoms with Gasteiger partial charge in [0.2, 0.25) is 0 Å². The Morgan fingerprint density at radius 2 is 2.07 bits per heavy atom. The Balaban J connectivity index is 1.79. The van der Waals surface area contributed by atoms with Crippen molar-refractivity contribution in [2.45, 2.75) is 31.1 Å². The van der Waals surface area contributed by atoms with Gasteiger partial charge in [0.15, 0.2) is 23.2 Å². The normalized spacial score (nSPS) is 15.1. The van der Waals surface area contributed by atoms with Crippen LogP contribution in [0.15, 0.2) is 35.2 Å². The number of carbonyl (C=O) groups excluding carboxylic acids is 1. The van der Waals surface area contributed by atoms with E-state index in [0.29, 0.717) is 40.7 Å². The van der Waals surface area contributed by atoms with Crippen LogP contribution in [0.25, 0.3) is 0 Å². The third-order valence-electron chi connectivity index (χ3n) is 4.26. The van der Waals surface area contributed by atoms with Crippen LogP contribution < -0.4 is 14.2 Å². The fourth-order valence-corrected chi connectivity index (χ4v) is 3.79. The molecule has 6 nitrogen and oxygen atoms in total. The van der Waals surface area contributed by atoms with Crippen LogP contribution in [0.3, 0.4) is 0 Å². The van der Waals surface area contributed by atoms with E-state index in [1.807, 2.05) is 13.0 Å². The number of fused-ring (bicyclic) bond motifs is 1. The number of hydrogen-bond acceptors (Lipinski definition) is 6. The van der Waals surface area contributed by atoms with Crippen LogP contribution in [0.4, 0.5) is 0 Å². The van der Waals surface area contributed by atoms with Crippen LogP contribution in [0.1, 0.15) is 35.7 Å². The molecule has 0 saturated carbocycles. The average Bonchev–Trinajstić information content (AvgIpc) is 3.03. The zero-order chi connectivity index (χ0) is 19.4. The van der Waals surface area contributed by atoms with Gasteiger partial charge in [0.05, 0.1) is 35.0 Å². The Bertz CT molecular complexity index is 877. The maximum atomic E-state index is 12.8. The topological polar surface area (TPSA) is 82.1 Å². The van der Waals surface area contributed by atoms with E-state index in [4.69, 9.17) is 14.2 Å². The standard InChI is InChI=1S/C20H22O6S/c1-3-8-25-18-11-20-19(26-12-27(20)23)10-14(18)15(21)6-4-13-5-7-17(24-2)16(22)9-13/h5,7,9-11,22H,3-4,6,8,12H2,1-2H3. The second kappa shape index (κ2) is 8.43. The van der Waals surface area contributed by atoms with E-state index in [-0.39, 0.29) is 23.9 Å². The smallest absolute Gasteiger partial charge is 0.167 e. The average molecular weight is 390 g/mol. The van der Waals surface area contributed by atoms with Gasteiger partial charge in [-0.15, -0.1) is 0 Å². The first-order valence-electron chi connectivity index (χ1n) is 8.74. The number of aromatic hydroxyl groups is 1. The molecule has 0 saturated heterocycles. The maximum Gasteiger partial charge on any atom is 0.167 e. The zero-order valence-electron chi connectivity index (χ0n) is 15.3. The molecule has 0 aromatic heterocycles. The van der Waals surface area contributed by atoms with Gasteiger partial charge in [0, 0.05) is 12.5 Å². The van der Waals surface area contributed by atoms with Crippen molar-refractivity contribution in [3.05, 3.63) is 41.5 Å². The van der Waals surface area contributed by atoms with Crippen LogP contribution >= 0.6 is 0 Å². The summed E-state index contributed by atoms with van der Waals surface area (Å²) >= 11 is 0. The fraction of sp³-hybridized carbons (Fsp3) is 0.350. The number of hydrogen-bond donors (Lipinski definition) is 1. The van der Waals surface area contributed by atoms with Crippen molar-refractivity contribution in [3.8, 4) is 23.0 Å². The quantitative estimate of drug-likeness (QED) is 0.695.